The van der Waals surface area contributed by atoms with Crippen LogP contribution in [0.25, 0.3) is 0 Å². The molecule has 0 spiro atoms. The summed E-state index contributed by atoms with van der Waals surface area (Å²) in [4.78, 5) is 21.3. The number of non-ortho nitro benzene ring substituents is 1. The number of rotatable bonds is 3. The number of halogens is 1. The molecule has 0 radical (unpaired) electrons. The smallest absolute Gasteiger partial charge is 0.269 e. The highest BCUT2D eigenvalue weighted by atomic mass is 35.5. The number of guanidine groups is 2. The van der Waals surface area contributed by atoms with E-state index in [4.69, 9.17) is 11.8 Å². The molecule has 0 aromatic heterocycles. The molecule has 1 saturated carbocycles. The number of nitrogens with one attached hydrogen (secondary N) is 1. The Labute approximate surface area is 158 Å². The Balaban J connectivity index is 2.31. The summed E-state index contributed by atoms with van der Waals surface area (Å²) in [5.41, 5.74) is 0.622. The van der Waals surface area contributed by atoms with Crippen molar-refractivity contribution in [3.63, 3.8) is 0 Å². The molecule has 8 nitrogen and oxygen atoms in total. The molecule has 1 aromatic carbocycles. The van der Waals surface area contributed by atoms with Crippen molar-refractivity contribution in [1.82, 2.24) is 14.6 Å². The number of aliphatic imine (C=N–C) groups is 2. The van der Waals surface area contributed by atoms with E-state index in [1.54, 1.807) is 24.1 Å². The lowest BCUT2D eigenvalue weighted by Crippen LogP contribution is -2.39. The van der Waals surface area contributed by atoms with E-state index in [1.165, 1.54) is 35.8 Å². The minimum absolute atomic E-state index is 0.0312. The number of nitrogens with zero attached hydrogens (tertiary/aromatic N) is 5. The Bertz CT molecular complexity index is 656. The molecule has 1 aliphatic rings. The monoisotopic (exact) mass is 380 g/mol. The summed E-state index contributed by atoms with van der Waals surface area (Å²) >= 11 is 6.09. The molecule has 0 amide bonds. The van der Waals surface area contributed by atoms with Crippen LogP contribution < -0.4 is 5.32 Å². The topological polar surface area (TPSA) is 86.4 Å². The van der Waals surface area contributed by atoms with E-state index in [2.05, 4.69) is 15.3 Å². The summed E-state index contributed by atoms with van der Waals surface area (Å²) in [5, 5.41) is 14.2. The number of hydrogen-bond acceptors (Lipinski definition) is 3. The minimum Gasteiger partial charge on any atom is -0.351 e. The maximum Gasteiger partial charge on any atom is 0.269 e. The predicted molar refractivity (Wildman–Crippen MR) is 105 cm³/mol. The van der Waals surface area contributed by atoms with E-state index in [1.807, 2.05) is 14.1 Å². The van der Waals surface area contributed by atoms with Crippen LogP contribution in [0.15, 0.2) is 34.3 Å². The third-order valence-corrected chi connectivity index (χ3v) is 4.27. The fourth-order valence-corrected chi connectivity index (χ4v) is 3.02. The molecule has 2 rings (SSSR count). The molecule has 0 atom stereocenters. The first-order valence-electron chi connectivity index (χ1n) is 8.62. The molecule has 0 heterocycles. The fraction of sp³-hybridized carbons (Fsp3) is 0.529. The first kappa shape index (κ1) is 20.0. The van der Waals surface area contributed by atoms with Gasteiger partial charge in [0.05, 0.1) is 10.6 Å². The van der Waals surface area contributed by atoms with Crippen molar-refractivity contribution in [2.75, 3.05) is 21.1 Å². The molecule has 1 fully saturated rings. The maximum atomic E-state index is 10.8. The maximum absolute atomic E-state index is 10.8. The average molecular weight is 381 g/mol. The van der Waals surface area contributed by atoms with E-state index < -0.39 is 4.92 Å². The second kappa shape index (κ2) is 9.38. The molecular weight excluding hydrogens is 356 g/mol. The van der Waals surface area contributed by atoms with Crippen LogP contribution in [0, 0.1) is 10.1 Å². The lowest BCUT2D eigenvalue weighted by atomic mass is 9.96. The van der Waals surface area contributed by atoms with Gasteiger partial charge in [0.2, 0.25) is 11.9 Å². The van der Waals surface area contributed by atoms with Crippen LogP contribution in [-0.2, 0) is 0 Å². The van der Waals surface area contributed by atoms with Gasteiger partial charge in [-0.05, 0) is 25.0 Å². The van der Waals surface area contributed by atoms with Crippen molar-refractivity contribution in [3.05, 3.63) is 34.4 Å². The molecule has 1 N–H and O–H groups in total. The summed E-state index contributed by atoms with van der Waals surface area (Å²) in [7, 11) is 5.40. The van der Waals surface area contributed by atoms with E-state index in [0.29, 0.717) is 23.6 Å². The highest BCUT2D eigenvalue weighted by Gasteiger charge is 2.16. The lowest BCUT2D eigenvalue weighted by Gasteiger charge is -2.25. The molecule has 9 heteroatoms. The fourth-order valence-electron chi connectivity index (χ4n) is 2.83. The number of nitro benzene ring substituents is 1. The van der Waals surface area contributed by atoms with Gasteiger partial charge >= 0.3 is 0 Å². The van der Waals surface area contributed by atoms with E-state index in [9.17, 15) is 10.1 Å². The molecule has 1 aliphatic carbocycles. The quantitative estimate of drug-likeness (QED) is 0.285. The molecule has 1 aromatic rings. The molecule has 142 valence electrons. The summed E-state index contributed by atoms with van der Waals surface area (Å²) in [6.45, 7) is 0. The van der Waals surface area contributed by atoms with Crippen LogP contribution in [0.2, 0.25) is 0 Å². The van der Waals surface area contributed by atoms with Gasteiger partial charge in [-0.2, -0.15) is 4.99 Å². The van der Waals surface area contributed by atoms with Gasteiger partial charge in [-0.25, -0.2) is 4.99 Å². The SMILES string of the molecule is CN(C)/C(=N\C(=N\c1ccc([N+](=O)[O-])cc1)NC1CCCCC1)N(C)Cl. The second-order valence-electron chi connectivity index (χ2n) is 6.47. The van der Waals surface area contributed by atoms with Crippen molar-refractivity contribution in [3.8, 4) is 0 Å². The van der Waals surface area contributed by atoms with Gasteiger partial charge in [-0.1, -0.05) is 19.3 Å². The molecule has 0 aliphatic heterocycles. The Hall–Kier alpha value is -2.35. The first-order valence-corrected chi connectivity index (χ1v) is 8.96. The Morgan fingerprint density at radius 2 is 1.81 bits per heavy atom. The van der Waals surface area contributed by atoms with Crippen LogP contribution in [0.3, 0.4) is 0 Å². The summed E-state index contributed by atoms with van der Waals surface area (Å²) < 4.78 is 1.40. The zero-order valence-corrected chi connectivity index (χ0v) is 16.1. The lowest BCUT2D eigenvalue weighted by molar-refractivity contribution is -0.384. The van der Waals surface area contributed by atoms with Gasteiger partial charge in [0.25, 0.3) is 5.69 Å². The van der Waals surface area contributed by atoms with Crippen molar-refractivity contribution < 1.29 is 4.92 Å². The van der Waals surface area contributed by atoms with Gasteiger partial charge in [-0.3, -0.25) is 14.5 Å². The van der Waals surface area contributed by atoms with E-state index in [0.717, 1.165) is 12.8 Å². The van der Waals surface area contributed by atoms with Gasteiger partial charge in [0, 0.05) is 51.1 Å². The Morgan fingerprint density at radius 3 is 2.31 bits per heavy atom. The Kier molecular flexibility index (Phi) is 7.20. The van der Waals surface area contributed by atoms with Crippen molar-refractivity contribution >= 4 is 35.1 Å². The minimum atomic E-state index is -0.431. The van der Waals surface area contributed by atoms with E-state index >= 15 is 0 Å². The number of hydrogen-bond donors (Lipinski definition) is 1. The molecule has 0 saturated heterocycles. The van der Waals surface area contributed by atoms with Crippen LogP contribution in [-0.4, -0.2) is 53.3 Å². The average Bonchev–Trinajstić information content (AvgIpc) is 2.60. The number of nitro groups is 1. The van der Waals surface area contributed by atoms with Crippen molar-refractivity contribution in [2.45, 2.75) is 38.1 Å². The van der Waals surface area contributed by atoms with Crippen LogP contribution in [0.4, 0.5) is 11.4 Å². The molecule has 26 heavy (non-hydrogen) atoms. The molecular formula is C17H25ClN6O2. The normalized spacial score (nSPS) is 16.3. The van der Waals surface area contributed by atoms with Crippen molar-refractivity contribution in [2.24, 2.45) is 9.98 Å². The van der Waals surface area contributed by atoms with Crippen LogP contribution in [0.1, 0.15) is 32.1 Å². The highest BCUT2D eigenvalue weighted by molar-refractivity contribution is 6.22. The third-order valence-electron chi connectivity index (χ3n) is 4.12. The third kappa shape index (κ3) is 5.87. The number of benzene rings is 1. The highest BCUT2D eigenvalue weighted by Crippen LogP contribution is 2.20. The first-order chi connectivity index (χ1) is 12.4. The molecule has 0 unspecified atom stereocenters. The largest absolute Gasteiger partial charge is 0.351 e. The van der Waals surface area contributed by atoms with Crippen LogP contribution >= 0.6 is 11.8 Å². The van der Waals surface area contributed by atoms with E-state index in [-0.39, 0.29) is 5.69 Å². The van der Waals surface area contributed by atoms with Crippen molar-refractivity contribution in [1.29, 1.82) is 0 Å². The summed E-state index contributed by atoms with van der Waals surface area (Å²) in [5.74, 6) is 0.984. The zero-order valence-electron chi connectivity index (χ0n) is 15.4. The van der Waals surface area contributed by atoms with Crippen LogP contribution in [0.5, 0.6) is 0 Å². The van der Waals surface area contributed by atoms with Gasteiger partial charge in [-0.15, -0.1) is 0 Å². The zero-order chi connectivity index (χ0) is 19.1. The summed E-state index contributed by atoms with van der Waals surface area (Å²) in [6, 6.07) is 6.39. The standard InChI is InChI=1S/C17H25ClN6O2/c1-22(2)17(23(3)18)21-16(19-13-7-5-4-6-8-13)20-14-9-11-15(12-10-14)24(25)26/h9-13H,4-8H2,1-3H3,(H,19,20)/b21-17+. The van der Waals surface area contributed by atoms with Gasteiger partial charge in [0.1, 0.15) is 0 Å². The van der Waals surface area contributed by atoms with Gasteiger partial charge < -0.3 is 10.2 Å². The Morgan fingerprint density at radius 1 is 1.19 bits per heavy atom. The molecule has 0 bridgehead atoms. The second-order valence-corrected chi connectivity index (χ2v) is 6.98. The van der Waals surface area contributed by atoms with Gasteiger partial charge in [0.15, 0.2) is 0 Å². The summed E-state index contributed by atoms with van der Waals surface area (Å²) in [6.07, 6.45) is 5.76. The predicted octanol–water partition coefficient (Wildman–Crippen LogP) is 3.51.